The summed E-state index contributed by atoms with van der Waals surface area (Å²) in [4.78, 5) is 0. The fourth-order valence-electron chi connectivity index (χ4n) is 1.85. The molecule has 0 amide bonds. The molecule has 0 aliphatic rings. The van der Waals surface area contributed by atoms with Crippen LogP contribution in [-0.4, -0.2) is 0 Å². The number of nitrogens with two attached hydrogens (primary N) is 1. The molecule has 1 aromatic rings. The van der Waals surface area contributed by atoms with E-state index in [-0.39, 0.29) is 0 Å². The number of benzene rings is 1. The van der Waals surface area contributed by atoms with Gasteiger partial charge in [0.05, 0.1) is 33.5 Å². The quantitative estimate of drug-likeness (QED) is 0.568. The maximum atomic E-state index is 12.9. The van der Waals surface area contributed by atoms with E-state index in [1.807, 2.05) is 0 Å². The number of hydrogen-bond donors (Lipinski definition) is 1. The molecule has 0 saturated heterocycles. The van der Waals surface area contributed by atoms with E-state index < -0.39 is 52.0 Å². The molecule has 0 saturated carbocycles. The summed E-state index contributed by atoms with van der Waals surface area (Å²) in [5.41, 5.74) is -9.44. The van der Waals surface area contributed by atoms with Crippen molar-refractivity contribution in [1.29, 1.82) is 10.5 Å². The highest BCUT2D eigenvalue weighted by atomic mass is 19.4. The van der Waals surface area contributed by atoms with Crippen molar-refractivity contribution in [2.45, 2.75) is 18.5 Å². The first-order chi connectivity index (χ1) is 10.2. The molecule has 0 atom stereocenters. The lowest BCUT2D eigenvalue weighted by Gasteiger charge is -2.24. The van der Waals surface area contributed by atoms with Crippen LogP contribution in [0.2, 0.25) is 0 Å². The Morgan fingerprint density at radius 3 is 1.04 bits per heavy atom. The Balaban J connectivity index is 4.36. The lowest BCUT2D eigenvalue weighted by atomic mass is 9.89. The fraction of sp³-hybridized carbons (Fsp3) is 0.273. The van der Waals surface area contributed by atoms with Gasteiger partial charge in [-0.2, -0.15) is 50.0 Å². The lowest BCUT2D eigenvalue weighted by Crippen LogP contribution is -2.27. The summed E-state index contributed by atoms with van der Waals surface area (Å²) in [7, 11) is 0. The third-order valence-electron chi connectivity index (χ3n) is 2.61. The number of nitriles is 2. The van der Waals surface area contributed by atoms with Gasteiger partial charge in [0, 0.05) is 0 Å². The zero-order chi connectivity index (χ0) is 18.4. The third kappa shape index (κ3) is 3.11. The van der Waals surface area contributed by atoms with Gasteiger partial charge in [-0.15, -0.1) is 0 Å². The van der Waals surface area contributed by atoms with Gasteiger partial charge in [0.2, 0.25) is 0 Å². The summed E-state index contributed by atoms with van der Waals surface area (Å²) in [6.07, 6.45) is -18.1. The number of hydrogen-bond acceptors (Lipinski definition) is 3. The monoisotopic (exact) mass is 347 g/mol. The number of nitrogens with zero attached hydrogens (tertiary/aromatic N) is 2. The van der Waals surface area contributed by atoms with Crippen LogP contribution in [0.25, 0.3) is 0 Å². The average molecular weight is 347 g/mol. The molecule has 124 valence electrons. The normalized spacial score (nSPS) is 12.7. The Kier molecular flexibility index (Phi) is 4.18. The Hall–Kier alpha value is -2.63. The van der Waals surface area contributed by atoms with Gasteiger partial charge in [-0.05, 0) is 0 Å². The zero-order valence-electron chi connectivity index (χ0n) is 10.4. The number of anilines is 1. The van der Waals surface area contributed by atoms with Crippen LogP contribution in [0.15, 0.2) is 0 Å². The maximum Gasteiger partial charge on any atom is 0.418 e. The molecule has 0 aliphatic heterocycles. The molecule has 0 fully saturated rings. The second-order valence-electron chi connectivity index (χ2n) is 4.01. The first-order valence-electron chi connectivity index (χ1n) is 5.19. The first kappa shape index (κ1) is 18.4. The fourth-order valence-corrected chi connectivity index (χ4v) is 1.85. The molecule has 23 heavy (non-hydrogen) atoms. The summed E-state index contributed by atoms with van der Waals surface area (Å²) in [5, 5.41) is 17.2. The standard InChI is InChI=1S/C11H2F9N3/c12-9(13,14)5-3(1-21)8(23)4(2-22)6(10(15,16)17)7(5)11(18,19)20/h23H2. The van der Waals surface area contributed by atoms with E-state index in [2.05, 4.69) is 0 Å². The molecule has 1 rings (SSSR count). The van der Waals surface area contributed by atoms with E-state index in [4.69, 9.17) is 16.3 Å². The summed E-state index contributed by atoms with van der Waals surface area (Å²) < 4.78 is 116. The van der Waals surface area contributed by atoms with Crippen LogP contribution in [0.5, 0.6) is 0 Å². The molecule has 12 heteroatoms. The number of halogens is 9. The predicted molar refractivity (Wildman–Crippen MR) is 55.3 cm³/mol. The van der Waals surface area contributed by atoms with E-state index in [1.165, 1.54) is 0 Å². The van der Waals surface area contributed by atoms with Gasteiger partial charge < -0.3 is 5.73 Å². The minimum Gasteiger partial charge on any atom is -0.397 e. The number of alkyl halides is 9. The van der Waals surface area contributed by atoms with Crippen molar-refractivity contribution in [2.75, 3.05) is 5.73 Å². The van der Waals surface area contributed by atoms with Crippen molar-refractivity contribution in [3.8, 4) is 12.1 Å². The molecule has 0 unspecified atom stereocenters. The highest BCUT2D eigenvalue weighted by Crippen LogP contribution is 2.50. The van der Waals surface area contributed by atoms with Gasteiger partial charge in [-0.1, -0.05) is 0 Å². The van der Waals surface area contributed by atoms with Crippen molar-refractivity contribution >= 4 is 5.69 Å². The van der Waals surface area contributed by atoms with Crippen molar-refractivity contribution in [2.24, 2.45) is 0 Å². The van der Waals surface area contributed by atoms with Gasteiger partial charge >= 0.3 is 18.5 Å². The first-order valence-corrected chi connectivity index (χ1v) is 5.19. The minimum absolute atomic E-state index is 0.673. The highest BCUT2D eigenvalue weighted by molar-refractivity contribution is 5.73. The van der Waals surface area contributed by atoms with Crippen molar-refractivity contribution in [3.05, 3.63) is 27.8 Å². The third-order valence-corrected chi connectivity index (χ3v) is 2.61. The van der Waals surface area contributed by atoms with Crippen molar-refractivity contribution in [1.82, 2.24) is 0 Å². The molecule has 0 spiro atoms. The molecular weight excluding hydrogens is 345 g/mol. The van der Waals surface area contributed by atoms with E-state index >= 15 is 0 Å². The second-order valence-corrected chi connectivity index (χ2v) is 4.01. The minimum atomic E-state index is -6.14. The Morgan fingerprint density at radius 1 is 0.609 bits per heavy atom. The molecule has 2 N–H and O–H groups in total. The molecule has 0 heterocycles. The smallest absolute Gasteiger partial charge is 0.397 e. The Labute approximate surface area is 121 Å². The number of rotatable bonds is 0. The molecule has 0 aromatic heterocycles. The van der Waals surface area contributed by atoms with Gasteiger partial charge in [0.1, 0.15) is 12.1 Å². The van der Waals surface area contributed by atoms with E-state index in [9.17, 15) is 39.5 Å². The van der Waals surface area contributed by atoms with Crippen LogP contribution in [0, 0.1) is 22.7 Å². The van der Waals surface area contributed by atoms with E-state index in [0.29, 0.717) is 12.1 Å². The van der Waals surface area contributed by atoms with Crippen LogP contribution in [0.3, 0.4) is 0 Å². The number of nitrogen functional groups attached to an aromatic ring is 1. The topological polar surface area (TPSA) is 73.6 Å². The Bertz CT molecular complexity index is 673. The van der Waals surface area contributed by atoms with E-state index in [1.54, 1.807) is 0 Å². The van der Waals surface area contributed by atoms with Crippen LogP contribution in [0.4, 0.5) is 45.2 Å². The van der Waals surface area contributed by atoms with Gasteiger partial charge in [0.25, 0.3) is 0 Å². The van der Waals surface area contributed by atoms with Gasteiger partial charge in [-0.3, -0.25) is 0 Å². The molecule has 3 nitrogen and oxygen atoms in total. The largest absolute Gasteiger partial charge is 0.418 e. The summed E-state index contributed by atoms with van der Waals surface area (Å²) in [6.45, 7) is 0. The summed E-state index contributed by atoms with van der Waals surface area (Å²) in [6, 6.07) is 1.35. The maximum absolute atomic E-state index is 12.9. The van der Waals surface area contributed by atoms with Crippen LogP contribution in [-0.2, 0) is 18.5 Å². The zero-order valence-corrected chi connectivity index (χ0v) is 10.4. The van der Waals surface area contributed by atoms with Gasteiger partial charge in [-0.25, -0.2) is 0 Å². The summed E-state index contributed by atoms with van der Waals surface area (Å²) in [5.74, 6) is 0. The Morgan fingerprint density at radius 2 is 0.870 bits per heavy atom. The lowest BCUT2D eigenvalue weighted by molar-refractivity contribution is -0.174. The SMILES string of the molecule is N#Cc1c(N)c(C#N)c(C(F)(F)F)c(C(F)(F)F)c1C(F)(F)F. The van der Waals surface area contributed by atoms with Gasteiger partial charge in [0.15, 0.2) is 0 Å². The van der Waals surface area contributed by atoms with E-state index in [0.717, 1.165) is 0 Å². The molecule has 0 bridgehead atoms. The summed E-state index contributed by atoms with van der Waals surface area (Å²) >= 11 is 0. The van der Waals surface area contributed by atoms with Crippen molar-refractivity contribution in [3.63, 3.8) is 0 Å². The molecule has 1 aromatic carbocycles. The highest BCUT2D eigenvalue weighted by Gasteiger charge is 2.54. The molecular formula is C11H2F9N3. The average Bonchev–Trinajstić information content (AvgIpc) is 2.33. The van der Waals surface area contributed by atoms with Crippen LogP contribution < -0.4 is 5.73 Å². The van der Waals surface area contributed by atoms with Crippen LogP contribution >= 0.6 is 0 Å². The molecule has 0 radical (unpaired) electrons. The second kappa shape index (κ2) is 5.22. The predicted octanol–water partition coefficient (Wildman–Crippen LogP) is 4.07. The van der Waals surface area contributed by atoms with Crippen molar-refractivity contribution < 1.29 is 39.5 Å². The van der Waals surface area contributed by atoms with Crippen LogP contribution in [0.1, 0.15) is 27.8 Å². The molecule has 0 aliphatic carbocycles.